The topological polar surface area (TPSA) is 80.8 Å². The highest BCUT2D eigenvalue weighted by Crippen LogP contribution is 2.26. The number of rotatable bonds is 6. The molecule has 0 aliphatic carbocycles. The molecular weight excluding hydrogens is 402 g/mol. The minimum Gasteiger partial charge on any atom is -0.456 e. The summed E-state index contributed by atoms with van der Waals surface area (Å²) in [6, 6.07) is 13.3. The van der Waals surface area contributed by atoms with Gasteiger partial charge in [0, 0.05) is 17.1 Å². The molecule has 1 aliphatic heterocycles. The highest BCUT2D eigenvalue weighted by molar-refractivity contribution is 7.89. The van der Waals surface area contributed by atoms with Gasteiger partial charge < -0.3 is 4.74 Å². The molecule has 1 saturated heterocycles. The lowest BCUT2D eigenvalue weighted by Crippen LogP contribution is -2.48. The Balaban J connectivity index is 1.70. The van der Waals surface area contributed by atoms with Gasteiger partial charge in [-0.05, 0) is 55.7 Å². The van der Waals surface area contributed by atoms with Crippen LogP contribution in [0.5, 0.6) is 0 Å². The van der Waals surface area contributed by atoms with Gasteiger partial charge in [-0.15, -0.1) is 0 Å². The lowest BCUT2D eigenvalue weighted by atomic mass is 10.1. The van der Waals surface area contributed by atoms with Crippen LogP contribution in [0.2, 0.25) is 5.02 Å². The molecule has 0 amide bonds. The number of Topliss-reactive ketones (excluding diaryl/α,β-unsaturated/α-hetero) is 1. The van der Waals surface area contributed by atoms with E-state index in [4.69, 9.17) is 16.3 Å². The van der Waals surface area contributed by atoms with Crippen LogP contribution in [0.15, 0.2) is 59.5 Å². The zero-order valence-electron chi connectivity index (χ0n) is 15.1. The molecule has 0 bridgehead atoms. The standard InChI is InChI=1S/C20H20ClNO5S/c21-16-11-9-15(10-12-16)19(23)14-27-20(24)18-8-4-5-13-22(18)28(25,26)17-6-2-1-3-7-17/h1-3,6-7,9-12,18H,4-5,8,13-14H2. The molecule has 0 aromatic heterocycles. The van der Waals surface area contributed by atoms with Crippen molar-refractivity contribution in [3.05, 3.63) is 65.2 Å². The number of ether oxygens (including phenoxy) is 1. The molecule has 1 aliphatic rings. The summed E-state index contributed by atoms with van der Waals surface area (Å²) in [5, 5.41) is 0.498. The van der Waals surface area contributed by atoms with Crippen molar-refractivity contribution in [3.63, 3.8) is 0 Å². The first kappa shape index (κ1) is 20.5. The largest absolute Gasteiger partial charge is 0.456 e. The Bertz CT molecular complexity index is 944. The van der Waals surface area contributed by atoms with E-state index in [9.17, 15) is 18.0 Å². The molecule has 148 valence electrons. The Kier molecular flexibility index (Phi) is 6.49. The molecule has 1 unspecified atom stereocenters. The van der Waals surface area contributed by atoms with Crippen molar-refractivity contribution < 1.29 is 22.7 Å². The fourth-order valence-electron chi connectivity index (χ4n) is 3.11. The maximum absolute atomic E-state index is 12.9. The summed E-state index contributed by atoms with van der Waals surface area (Å²) in [7, 11) is -3.82. The summed E-state index contributed by atoms with van der Waals surface area (Å²) in [6.07, 6.45) is 1.74. The van der Waals surface area contributed by atoms with Gasteiger partial charge in [-0.2, -0.15) is 4.31 Å². The Morgan fingerprint density at radius 2 is 1.71 bits per heavy atom. The molecule has 2 aromatic carbocycles. The first-order chi connectivity index (χ1) is 13.4. The lowest BCUT2D eigenvalue weighted by Gasteiger charge is -2.32. The number of carbonyl (C=O) groups excluding carboxylic acids is 2. The van der Waals surface area contributed by atoms with Crippen LogP contribution in [0.25, 0.3) is 0 Å². The summed E-state index contributed by atoms with van der Waals surface area (Å²) >= 11 is 5.80. The van der Waals surface area contributed by atoms with Gasteiger partial charge in [-0.25, -0.2) is 8.42 Å². The van der Waals surface area contributed by atoms with Crippen molar-refractivity contribution >= 4 is 33.4 Å². The second-order valence-electron chi connectivity index (χ2n) is 6.48. The Morgan fingerprint density at radius 3 is 2.39 bits per heavy atom. The zero-order chi connectivity index (χ0) is 20.1. The predicted octanol–water partition coefficient (Wildman–Crippen LogP) is 3.31. The van der Waals surface area contributed by atoms with Crippen LogP contribution in [0.4, 0.5) is 0 Å². The molecule has 6 nitrogen and oxygen atoms in total. The lowest BCUT2D eigenvalue weighted by molar-refractivity contribution is -0.148. The summed E-state index contributed by atoms with van der Waals surface area (Å²) in [5.74, 6) is -1.08. The monoisotopic (exact) mass is 421 g/mol. The van der Waals surface area contributed by atoms with E-state index < -0.39 is 28.6 Å². The summed E-state index contributed by atoms with van der Waals surface area (Å²) < 4.78 is 32.2. The number of hydrogen-bond acceptors (Lipinski definition) is 5. The SMILES string of the molecule is O=C(COC(=O)C1CCCCN1S(=O)(=O)c1ccccc1)c1ccc(Cl)cc1. The second kappa shape index (κ2) is 8.86. The van der Waals surface area contributed by atoms with Crippen molar-refractivity contribution in [1.29, 1.82) is 0 Å². The molecule has 3 rings (SSSR count). The molecule has 0 saturated carbocycles. The fraction of sp³-hybridized carbons (Fsp3) is 0.300. The third kappa shape index (κ3) is 4.60. The van der Waals surface area contributed by atoms with Crippen LogP contribution >= 0.6 is 11.6 Å². The zero-order valence-corrected chi connectivity index (χ0v) is 16.7. The molecule has 8 heteroatoms. The number of piperidine rings is 1. The van der Waals surface area contributed by atoms with Crippen LogP contribution in [-0.2, 0) is 19.6 Å². The van der Waals surface area contributed by atoms with E-state index in [2.05, 4.69) is 0 Å². The molecule has 1 atom stereocenters. The van der Waals surface area contributed by atoms with Gasteiger partial charge in [-0.3, -0.25) is 9.59 Å². The summed E-state index contributed by atoms with van der Waals surface area (Å²) in [5.41, 5.74) is 0.370. The van der Waals surface area contributed by atoms with E-state index in [1.54, 1.807) is 42.5 Å². The average Bonchev–Trinajstić information content (AvgIpc) is 2.73. The van der Waals surface area contributed by atoms with E-state index in [1.807, 2.05) is 0 Å². The van der Waals surface area contributed by atoms with Gasteiger partial charge in [0.2, 0.25) is 10.0 Å². The average molecular weight is 422 g/mol. The number of sulfonamides is 1. The molecule has 0 N–H and O–H groups in total. The van der Waals surface area contributed by atoms with Gasteiger partial charge in [-0.1, -0.05) is 29.8 Å². The van der Waals surface area contributed by atoms with Crippen LogP contribution in [0.1, 0.15) is 29.6 Å². The summed E-state index contributed by atoms with van der Waals surface area (Å²) in [6.45, 7) is -0.210. The number of benzene rings is 2. The highest BCUT2D eigenvalue weighted by atomic mass is 35.5. The van der Waals surface area contributed by atoms with Crippen molar-refractivity contribution in [2.24, 2.45) is 0 Å². The van der Waals surface area contributed by atoms with Gasteiger partial charge >= 0.3 is 5.97 Å². The second-order valence-corrected chi connectivity index (χ2v) is 8.81. The van der Waals surface area contributed by atoms with E-state index in [0.29, 0.717) is 29.8 Å². The highest BCUT2D eigenvalue weighted by Gasteiger charge is 2.38. The number of hydrogen-bond donors (Lipinski definition) is 0. The molecule has 0 spiro atoms. The number of halogens is 1. The molecule has 0 radical (unpaired) electrons. The normalized spacial score (nSPS) is 17.8. The minimum atomic E-state index is -3.82. The van der Waals surface area contributed by atoms with E-state index in [0.717, 1.165) is 0 Å². The maximum Gasteiger partial charge on any atom is 0.324 e. The summed E-state index contributed by atoms with van der Waals surface area (Å²) in [4.78, 5) is 24.9. The Hall–Kier alpha value is -2.22. The van der Waals surface area contributed by atoms with Crippen molar-refractivity contribution in [1.82, 2.24) is 4.31 Å². The third-order valence-corrected chi connectivity index (χ3v) is 6.76. The molecule has 1 fully saturated rings. The van der Waals surface area contributed by atoms with Crippen molar-refractivity contribution in [2.75, 3.05) is 13.2 Å². The number of nitrogens with zero attached hydrogens (tertiary/aromatic N) is 1. The number of carbonyl (C=O) groups is 2. The third-order valence-electron chi connectivity index (χ3n) is 4.59. The Labute approximate surface area is 169 Å². The van der Waals surface area contributed by atoms with Crippen LogP contribution in [0.3, 0.4) is 0 Å². The number of esters is 1. The maximum atomic E-state index is 12.9. The van der Waals surface area contributed by atoms with Gasteiger partial charge in [0.1, 0.15) is 6.04 Å². The minimum absolute atomic E-state index is 0.131. The molecular formula is C20H20ClNO5S. The smallest absolute Gasteiger partial charge is 0.324 e. The fourth-order valence-corrected chi connectivity index (χ4v) is 4.90. The quantitative estimate of drug-likeness (QED) is 0.528. The van der Waals surface area contributed by atoms with Gasteiger partial charge in [0.05, 0.1) is 4.90 Å². The van der Waals surface area contributed by atoms with E-state index in [1.165, 1.54) is 16.4 Å². The van der Waals surface area contributed by atoms with Crippen LogP contribution < -0.4 is 0 Å². The number of ketones is 1. The van der Waals surface area contributed by atoms with Gasteiger partial charge in [0.15, 0.2) is 12.4 Å². The Morgan fingerprint density at radius 1 is 1.04 bits per heavy atom. The molecule has 2 aromatic rings. The first-order valence-electron chi connectivity index (χ1n) is 8.92. The van der Waals surface area contributed by atoms with Crippen molar-refractivity contribution in [3.8, 4) is 0 Å². The molecule has 1 heterocycles. The first-order valence-corrected chi connectivity index (χ1v) is 10.7. The van der Waals surface area contributed by atoms with Crippen LogP contribution in [-0.4, -0.2) is 43.7 Å². The van der Waals surface area contributed by atoms with Gasteiger partial charge in [0.25, 0.3) is 0 Å². The predicted molar refractivity (Wildman–Crippen MR) is 105 cm³/mol. The van der Waals surface area contributed by atoms with Crippen LogP contribution in [0, 0.1) is 0 Å². The van der Waals surface area contributed by atoms with E-state index in [-0.39, 0.29) is 17.2 Å². The molecule has 28 heavy (non-hydrogen) atoms. The van der Waals surface area contributed by atoms with Crippen molar-refractivity contribution in [2.45, 2.75) is 30.2 Å². The van der Waals surface area contributed by atoms with E-state index >= 15 is 0 Å².